The van der Waals surface area contributed by atoms with E-state index in [1.165, 1.54) is 4.90 Å². The fourth-order valence-corrected chi connectivity index (χ4v) is 3.54. The first-order valence-electron chi connectivity index (χ1n) is 8.48. The second kappa shape index (κ2) is 6.36. The van der Waals surface area contributed by atoms with E-state index in [1.807, 2.05) is 6.07 Å². The van der Waals surface area contributed by atoms with Crippen LogP contribution in [0.15, 0.2) is 30.3 Å². The average Bonchev–Trinajstić information content (AvgIpc) is 2.92. The molecule has 0 unspecified atom stereocenters. The molecule has 132 valence electrons. The number of hydrogen-bond acceptors (Lipinski definition) is 4. The summed E-state index contributed by atoms with van der Waals surface area (Å²) in [6, 6.07) is 7.91. The topological polar surface area (TPSA) is 73.4 Å². The molecule has 1 aromatic rings. The van der Waals surface area contributed by atoms with E-state index in [4.69, 9.17) is 4.74 Å². The molecule has 8 nitrogen and oxygen atoms in total. The fraction of sp³-hybridized carbons (Fsp3) is 0.471. The molecular weight excluding hydrogens is 324 g/mol. The van der Waals surface area contributed by atoms with E-state index >= 15 is 0 Å². The predicted molar refractivity (Wildman–Crippen MR) is 89.2 cm³/mol. The molecule has 4 rings (SSSR count). The molecule has 3 aliphatic heterocycles. The van der Waals surface area contributed by atoms with Crippen LogP contribution in [0.3, 0.4) is 0 Å². The summed E-state index contributed by atoms with van der Waals surface area (Å²) in [5.74, 6) is -0.268. The summed E-state index contributed by atoms with van der Waals surface area (Å²) in [6.07, 6.45) is 0. The number of carbonyl (C=O) groups excluding carboxylic acids is 3. The Morgan fingerprint density at radius 1 is 0.960 bits per heavy atom. The minimum absolute atomic E-state index is 0.0821. The Balaban J connectivity index is 1.50. The third-order valence-electron chi connectivity index (χ3n) is 4.89. The second-order valence-corrected chi connectivity index (χ2v) is 6.33. The van der Waals surface area contributed by atoms with Gasteiger partial charge in [-0.25, -0.2) is 14.5 Å². The van der Waals surface area contributed by atoms with Crippen LogP contribution in [0.25, 0.3) is 0 Å². The number of benzene rings is 1. The van der Waals surface area contributed by atoms with Crippen molar-refractivity contribution in [2.75, 3.05) is 50.8 Å². The number of anilines is 1. The zero-order valence-corrected chi connectivity index (χ0v) is 13.8. The Hall–Kier alpha value is -2.61. The molecular formula is C17H20N4O4. The monoisotopic (exact) mass is 344 g/mol. The van der Waals surface area contributed by atoms with Crippen LogP contribution in [0.2, 0.25) is 0 Å². The van der Waals surface area contributed by atoms with Crippen LogP contribution in [0.5, 0.6) is 0 Å². The lowest BCUT2D eigenvalue weighted by Crippen LogP contribution is -2.58. The van der Waals surface area contributed by atoms with Crippen LogP contribution in [0, 0.1) is 0 Å². The first kappa shape index (κ1) is 15.9. The van der Waals surface area contributed by atoms with Crippen molar-refractivity contribution in [3.05, 3.63) is 30.3 Å². The Labute approximate surface area is 145 Å². The molecule has 5 amide bonds. The fourth-order valence-electron chi connectivity index (χ4n) is 3.54. The molecule has 0 N–H and O–H groups in total. The minimum atomic E-state index is -0.605. The zero-order valence-electron chi connectivity index (χ0n) is 13.8. The first-order chi connectivity index (χ1) is 12.2. The number of para-hydroxylation sites is 1. The second-order valence-electron chi connectivity index (χ2n) is 6.33. The van der Waals surface area contributed by atoms with Crippen LogP contribution >= 0.6 is 0 Å². The summed E-state index contributed by atoms with van der Waals surface area (Å²) >= 11 is 0. The van der Waals surface area contributed by atoms with Crippen LogP contribution in [-0.2, 0) is 9.53 Å². The molecule has 0 saturated carbocycles. The van der Waals surface area contributed by atoms with E-state index in [2.05, 4.69) is 0 Å². The quantitative estimate of drug-likeness (QED) is 0.699. The Bertz CT molecular complexity index is 689. The molecule has 0 bridgehead atoms. The number of carbonyl (C=O) groups is 3. The van der Waals surface area contributed by atoms with Crippen molar-refractivity contribution in [1.82, 2.24) is 14.7 Å². The van der Waals surface area contributed by atoms with Crippen molar-refractivity contribution < 1.29 is 19.1 Å². The summed E-state index contributed by atoms with van der Waals surface area (Å²) < 4.78 is 5.27. The highest BCUT2D eigenvalue weighted by atomic mass is 16.5. The van der Waals surface area contributed by atoms with Gasteiger partial charge in [-0.2, -0.15) is 0 Å². The molecule has 8 heteroatoms. The van der Waals surface area contributed by atoms with Crippen LogP contribution in [0.4, 0.5) is 15.3 Å². The number of imide groups is 1. The molecule has 0 radical (unpaired) electrons. The summed E-state index contributed by atoms with van der Waals surface area (Å²) in [5.41, 5.74) is 0.568. The molecule has 0 aromatic heterocycles. The number of nitrogens with zero attached hydrogens (tertiary/aromatic N) is 4. The highest BCUT2D eigenvalue weighted by Crippen LogP contribution is 2.27. The summed E-state index contributed by atoms with van der Waals surface area (Å²) in [5, 5.41) is 0. The number of amides is 5. The van der Waals surface area contributed by atoms with Gasteiger partial charge in [0.1, 0.15) is 6.04 Å². The summed E-state index contributed by atoms with van der Waals surface area (Å²) in [6.45, 7) is 3.25. The van der Waals surface area contributed by atoms with E-state index in [0.717, 1.165) is 0 Å². The average molecular weight is 344 g/mol. The van der Waals surface area contributed by atoms with Gasteiger partial charge in [-0.1, -0.05) is 18.2 Å². The van der Waals surface area contributed by atoms with Gasteiger partial charge < -0.3 is 19.4 Å². The van der Waals surface area contributed by atoms with Gasteiger partial charge in [0.05, 0.1) is 25.4 Å². The van der Waals surface area contributed by atoms with Crippen LogP contribution in [-0.4, -0.2) is 84.6 Å². The molecule has 0 aliphatic carbocycles. The highest BCUT2D eigenvalue weighted by Gasteiger charge is 2.49. The van der Waals surface area contributed by atoms with Crippen molar-refractivity contribution in [3.8, 4) is 0 Å². The van der Waals surface area contributed by atoms with Gasteiger partial charge in [-0.3, -0.25) is 4.79 Å². The van der Waals surface area contributed by atoms with Crippen LogP contribution in [0.1, 0.15) is 0 Å². The van der Waals surface area contributed by atoms with E-state index in [-0.39, 0.29) is 24.5 Å². The Morgan fingerprint density at radius 3 is 2.40 bits per heavy atom. The smallest absolute Gasteiger partial charge is 0.332 e. The maximum atomic E-state index is 12.8. The third kappa shape index (κ3) is 2.72. The summed E-state index contributed by atoms with van der Waals surface area (Å²) in [4.78, 5) is 44.3. The normalized spacial score (nSPS) is 23.9. The number of rotatable bonds is 1. The summed E-state index contributed by atoms with van der Waals surface area (Å²) in [7, 11) is 0. The standard InChI is InChI=1S/C17H20N4O4/c22-15-14-12-19(16(23)18-8-10-25-11-9-18)6-7-20(14)17(24)21(15)13-4-2-1-3-5-13/h1-5,14H,6-12H2/t14-/m0/s1. The lowest BCUT2D eigenvalue weighted by molar-refractivity contribution is -0.120. The molecule has 3 heterocycles. The zero-order chi connectivity index (χ0) is 17.4. The lowest BCUT2D eigenvalue weighted by Gasteiger charge is -2.39. The maximum absolute atomic E-state index is 12.8. The van der Waals surface area contributed by atoms with E-state index in [9.17, 15) is 14.4 Å². The lowest BCUT2D eigenvalue weighted by atomic mass is 10.2. The van der Waals surface area contributed by atoms with Gasteiger partial charge in [-0.15, -0.1) is 0 Å². The molecule has 1 aromatic carbocycles. The maximum Gasteiger partial charge on any atom is 0.332 e. The highest BCUT2D eigenvalue weighted by molar-refractivity contribution is 6.21. The number of fused-ring (bicyclic) bond motifs is 1. The van der Waals surface area contributed by atoms with Crippen molar-refractivity contribution >= 4 is 23.7 Å². The number of ether oxygens (including phenoxy) is 1. The number of piperazine rings is 1. The SMILES string of the molecule is O=C(N1CCOCC1)N1CCN2C(=O)N(c3ccccc3)C(=O)[C@@H]2C1. The van der Waals surface area contributed by atoms with Gasteiger partial charge >= 0.3 is 12.1 Å². The largest absolute Gasteiger partial charge is 0.378 e. The molecule has 3 saturated heterocycles. The molecule has 0 spiro atoms. The Kier molecular flexibility index (Phi) is 4.04. The van der Waals surface area contributed by atoms with Gasteiger partial charge in [0.2, 0.25) is 0 Å². The third-order valence-corrected chi connectivity index (χ3v) is 4.89. The van der Waals surface area contributed by atoms with Crippen molar-refractivity contribution in [1.29, 1.82) is 0 Å². The van der Waals surface area contributed by atoms with Gasteiger partial charge in [0, 0.05) is 26.2 Å². The number of urea groups is 2. The van der Waals surface area contributed by atoms with E-state index in [1.54, 1.807) is 39.0 Å². The molecule has 3 fully saturated rings. The molecule has 1 atom stereocenters. The number of hydrogen-bond donors (Lipinski definition) is 0. The predicted octanol–water partition coefficient (Wildman–Crippen LogP) is 0.592. The van der Waals surface area contributed by atoms with E-state index < -0.39 is 6.04 Å². The first-order valence-corrected chi connectivity index (χ1v) is 8.48. The van der Waals surface area contributed by atoms with Crippen LogP contribution < -0.4 is 4.90 Å². The van der Waals surface area contributed by atoms with Gasteiger partial charge in [0.25, 0.3) is 5.91 Å². The van der Waals surface area contributed by atoms with Crippen molar-refractivity contribution in [2.24, 2.45) is 0 Å². The van der Waals surface area contributed by atoms with Crippen molar-refractivity contribution in [2.45, 2.75) is 6.04 Å². The van der Waals surface area contributed by atoms with Crippen molar-refractivity contribution in [3.63, 3.8) is 0 Å². The van der Waals surface area contributed by atoms with E-state index in [0.29, 0.717) is 45.1 Å². The number of morpholine rings is 1. The van der Waals surface area contributed by atoms with Gasteiger partial charge in [-0.05, 0) is 12.1 Å². The molecule has 25 heavy (non-hydrogen) atoms. The van der Waals surface area contributed by atoms with Gasteiger partial charge in [0.15, 0.2) is 0 Å². The minimum Gasteiger partial charge on any atom is -0.378 e. The molecule has 3 aliphatic rings. The Morgan fingerprint density at radius 2 is 1.68 bits per heavy atom.